The van der Waals surface area contributed by atoms with E-state index >= 15 is 0 Å². The van der Waals surface area contributed by atoms with Gasteiger partial charge in [-0.3, -0.25) is 0 Å². The minimum absolute atomic E-state index is 0.451. The lowest BCUT2D eigenvalue weighted by Gasteiger charge is -2.23. The third-order valence-corrected chi connectivity index (χ3v) is 4.12. The molecular formula is C14H24N2. The molecule has 2 fully saturated rings. The molecule has 0 heterocycles. The Morgan fingerprint density at radius 1 is 1.06 bits per heavy atom. The lowest BCUT2D eigenvalue weighted by Crippen LogP contribution is -2.23. The molecule has 0 atom stereocenters. The van der Waals surface area contributed by atoms with Crippen molar-refractivity contribution in [1.29, 1.82) is 5.41 Å². The monoisotopic (exact) mass is 220 g/mol. The van der Waals surface area contributed by atoms with E-state index in [0.29, 0.717) is 6.04 Å². The molecule has 2 nitrogen and oxygen atoms in total. The van der Waals surface area contributed by atoms with Gasteiger partial charge in [0.2, 0.25) is 0 Å². The van der Waals surface area contributed by atoms with E-state index in [-0.39, 0.29) is 0 Å². The number of hydrogen-bond donors (Lipinski definition) is 2. The fourth-order valence-electron chi connectivity index (χ4n) is 2.81. The van der Waals surface area contributed by atoms with Gasteiger partial charge < -0.3 is 11.1 Å². The molecule has 0 unspecified atom stereocenters. The van der Waals surface area contributed by atoms with Gasteiger partial charge in [-0.25, -0.2) is 0 Å². The number of nitrogens with two attached hydrogens (primary N) is 1. The Bertz CT molecular complexity index is 260. The second-order valence-corrected chi connectivity index (χ2v) is 5.48. The van der Waals surface area contributed by atoms with Crippen LogP contribution in [0.2, 0.25) is 0 Å². The van der Waals surface area contributed by atoms with Gasteiger partial charge >= 0.3 is 0 Å². The normalized spacial score (nSPS) is 31.6. The minimum atomic E-state index is 0.451. The summed E-state index contributed by atoms with van der Waals surface area (Å²) < 4.78 is 0. The van der Waals surface area contributed by atoms with Crippen LogP contribution in [-0.4, -0.2) is 11.8 Å². The number of hydrogen-bond acceptors (Lipinski definition) is 2. The Morgan fingerprint density at radius 2 is 1.69 bits per heavy atom. The molecule has 0 spiro atoms. The van der Waals surface area contributed by atoms with Crippen molar-refractivity contribution in [2.24, 2.45) is 11.7 Å². The van der Waals surface area contributed by atoms with Gasteiger partial charge in [0.1, 0.15) is 0 Å². The molecule has 0 aromatic rings. The zero-order valence-corrected chi connectivity index (χ0v) is 10.2. The van der Waals surface area contributed by atoms with Crippen LogP contribution in [0.1, 0.15) is 57.8 Å². The second kappa shape index (κ2) is 5.62. The van der Waals surface area contributed by atoms with Crippen molar-refractivity contribution in [3.05, 3.63) is 11.6 Å². The minimum Gasteiger partial charge on any atom is -0.328 e. The number of allylic oxidation sites excluding steroid dienone is 2. The lowest BCUT2D eigenvalue weighted by atomic mass is 9.84. The quantitative estimate of drug-likeness (QED) is 0.688. The van der Waals surface area contributed by atoms with Crippen molar-refractivity contribution < 1.29 is 0 Å². The first-order chi connectivity index (χ1) is 7.74. The van der Waals surface area contributed by atoms with E-state index in [1.54, 1.807) is 5.57 Å². The van der Waals surface area contributed by atoms with Crippen LogP contribution < -0.4 is 5.73 Å². The lowest BCUT2D eigenvalue weighted by molar-refractivity contribution is 0.441. The van der Waals surface area contributed by atoms with Crippen molar-refractivity contribution >= 4 is 5.71 Å². The molecule has 0 bridgehead atoms. The maximum atomic E-state index is 7.60. The number of rotatable bonds is 2. The summed E-state index contributed by atoms with van der Waals surface area (Å²) in [6.45, 7) is 0. The molecule has 0 radical (unpaired) electrons. The van der Waals surface area contributed by atoms with Crippen LogP contribution in [-0.2, 0) is 0 Å². The summed E-state index contributed by atoms with van der Waals surface area (Å²) in [4.78, 5) is 0. The summed E-state index contributed by atoms with van der Waals surface area (Å²) in [5.41, 5.74) is 8.51. The van der Waals surface area contributed by atoms with Crippen LogP contribution in [0, 0.1) is 11.3 Å². The first-order valence-electron chi connectivity index (χ1n) is 6.74. The largest absolute Gasteiger partial charge is 0.328 e. The highest BCUT2D eigenvalue weighted by molar-refractivity contribution is 5.81. The van der Waals surface area contributed by atoms with Crippen molar-refractivity contribution in [1.82, 2.24) is 0 Å². The molecule has 0 saturated heterocycles. The van der Waals surface area contributed by atoms with Gasteiger partial charge in [-0.1, -0.05) is 11.6 Å². The fraction of sp³-hybridized carbons (Fsp3) is 0.786. The van der Waals surface area contributed by atoms with Crippen LogP contribution in [0.5, 0.6) is 0 Å². The SMILES string of the molecule is N=C1CCC(CC=C2CCC(N)CC2)CC1. The first kappa shape index (κ1) is 11.8. The summed E-state index contributed by atoms with van der Waals surface area (Å²) >= 11 is 0. The van der Waals surface area contributed by atoms with Crippen LogP contribution >= 0.6 is 0 Å². The molecule has 2 heteroatoms. The molecule has 0 aromatic carbocycles. The molecule has 2 rings (SSSR count). The third kappa shape index (κ3) is 3.44. The third-order valence-electron chi connectivity index (χ3n) is 4.12. The van der Waals surface area contributed by atoms with Gasteiger partial charge in [0.05, 0.1) is 0 Å². The highest BCUT2D eigenvalue weighted by Crippen LogP contribution is 2.28. The Kier molecular flexibility index (Phi) is 4.16. The van der Waals surface area contributed by atoms with E-state index in [1.165, 1.54) is 44.9 Å². The zero-order valence-electron chi connectivity index (χ0n) is 10.2. The summed E-state index contributed by atoms with van der Waals surface area (Å²) in [7, 11) is 0. The Morgan fingerprint density at radius 3 is 2.31 bits per heavy atom. The van der Waals surface area contributed by atoms with Gasteiger partial charge in [-0.2, -0.15) is 0 Å². The van der Waals surface area contributed by atoms with Gasteiger partial charge in [0.15, 0.2) is 0 Å². The Hall–Kier alpha value is -0.630. The van der Waals surface area contributed by atoms with Gasteiger partial charge in [0, 0.05) is 11.8 Å². The second-order valence-electron chi connectivity index (χ2n) is 5.48. The molecule has 90 valence electrons. The van der Waals surface area contributed by atoms with E-state index in [0.717, 1.165) is 24.5 Å². The highest BCUT2D eigenvalue weighted by atomic mass is 14.6. The van der Waals surface area contributed by atoms with Crippen molar-refractivity contribution in [2.45, 2.75) is 63.8 Å². The van der Waals surface area contributed by atoms with E-state index in [9.17, 15) is 0 Å². The van der Waals surface area contributed by atoms with Gasteiger partial charge in [-0.15, -0.1) is 0 Å². The summed E-state index contributed by atoms with van der Waals surface area (Å²) in [5, 5.41) is 7.60. The van der Waals surface area contributed by atoms with E-state index < -0.39 is 0 Å². The summed E-state index contributed by atoms with van der Waals surface area (Å²) in [5.74, 6) is 0.845. The van der Waals surface area contributed by atoms with Crippen LogP contribution in [0.4, 0.5) is 0 Å². The first-order valence-corrected chi connectivity index (χ1v) is 6.74. The smallest absolute Gasteiger partial charge is 0.00893 e. The molecule has 16 heavy (non-hydrogen) atoms. The molecule has 2 aliphatic rings. The van der Waals surface area contributed by atoms with Crippen molar-refractivity contribution in [3.8, 4) is 0 Å². The molecule has 0 aliphatic heterocycles. The van der Waals surface area contributed by atoms with Crippen molar-refractivity contribution in [3.63, 3.8) is 0 Å². The van der Waals surface area contributed by atoms with Gasteiger partial charge in [-0.05, 0) is 63.7 Å². The molecule has 0 amide bonds. The predicted molar refractivity (Wildman–Crippen MR) is 68.8 cm³/mol. The van der Waals surface area contributed by atoms with Crippen molar-refractivity contribution in [2.75, 3.05) is 0 Å². The van der Waals surface area contributed by atoms with Gasteiger partial charge in [0.25, 0.3) is 0 Å². The maximum absolute atomic E-state index is 7.60. The van der Waals surface area contributed by atoms with E-state index in [2.05, 4.69) is 6.08 Å². The van der Waals surface area contributed by atoms with Crippen LogP contribution in [0.25, 0.3) is 0 Å². The molecule has 0 aromatic heterocycles. The van der Waals surface area contributed by atoms with E-state index in [1.807, 2.05) is 0 Å². The zero-order chi connectivity index (χ0) is 11.4. The average molecular weight is 220 g/mol. The standard InChI is InChI=1S/C14H24N2/c15-13-7-3-11(4-8-13)1-2-12-5-9-14(16)10-6-12/h1,12-13,16H,2-10,15H2. The molecule has 2 aliphatic carbocycles. The molecular weight excluding hydrogens is 196 g/mol. The van der Waals surface area contributed by atoms with Crippen LogP contribution in [0.15, 0.2) is 11.6 Å². The topological polar surface area (TPSA) is 49.9 Å². The average Bonchev–Trinajstić information content (AvgIpc) is 2.30. The Labute approximate surface area is 98.8 Å². The van der Waals surface area contributed by atoms with Crippen LogP contribution in [0.3, 0.4) is 0 Å². The predicted octanol–water partition coefficient (Wildman–Crippen LogP) is 3.41. The summed E-state index contributed by atoms with van der Waals surface area (Å²) in [6, 6.07) is 0.451. The fourth-order valence-corrected chi connectivity index (χ4v) is 2.81. The maximum Gasteiger partial charge on any atom is 0.00893 e. The highest BCUT2D eigenvalue weighted by Gasteiger charge is 2.17. The molecule has 2 saturated carbocycles. The summed E-state index contributed by atoms with van der Waals surface area (Å²) in [6.07, 6.45) is 13.1. The molecule has 3 N–H and O–H groups in total. The Balaban J connectivity index is 1.74. The number of nitrogens with one attached hydrogen (secondary N) is 1. The van der Waals surface area contributed by atoms with E-state index in [4.69, 9.17) is 11.1 Å².